The average Bonchev–Trinajstić information content (AvgIpc) is 3.16. The van der Waals surface area contributed by atoms with Crippen LogP contribution in [0.4, 0.5) is 0 Å². The van der Waals surface area contributed by atoms with E-state index in [0.717, 1.165) is 52.3 Å². The summed E-state index contributed by atoms with van der Waals surface area (Å²) >= 11 is 0. The van der Waals surface area contributed by atoms with Gasteiger partial charge in [-0.05, 0) is 68.1 Å². The predicted molar refractivity (Wildman–Crippen MR) is 133 cm³/mol. The Bertz CT molecular complexity index is 1260. The van der Waals surface area contributed by atoms with Crippen LogP contribution in [-0.4, -0.2) is 28.6 Å². The molecule has 0 fully saturated rings. The maximum absolute atomic E-state index is 12.6. The lowest BCUT2D eigenvalue weighted by Gasteiger charge is -2.13. The largest absolute Gasteiger partial charge is 0.493 e. The van der Waals surface area contributed by atoms with Crippen LogP contribution in [0.25, 0.3) is 11.0 Å². The Labute approximate surface area is 195 Å². The van der Waals surface area contributed by atoms with Crippen LogP contribution < -0.4 is 10.1 Å². The van der Waals surface area contributed by atoms with E-state index in [2.05, 4.69) is 48.0 Å². The number of carbonyl (C=O) groups is 1. The summed E-state index contributed by atoms with van der Waals surface area (Å²) in [5.74, 6) is 1.88. The van der Waals surface area contributed by atoms with E-state index in [1.54, 1.807) is 0 Å². The standard InChI is InChI=1S/C28H31N3O2/c1-20-13-14-22(3)26(19-20)33-18-8-17-31-25-12-7-6-11-24(25)30-27(31)15-16-29-28(32)23-10-5-4-9-21(23)2/h4-7,9-14,19H,8,15-18H2,1-3H3,(H,29,32). The first kappa shape index (κ1) is 22.6. The van der Waals surface area contributed by atoms with E-state index in [1.807, 2.05) is 49.4 Å². The maximum atomic E-state index is 12.6. The number of nitrogens with zero attached hydrogens (tertiary/aromatic N) is 2. The van der Waals surface area contributed by atoms with Gasteiger partial charge in [-0.1, -0.05) is 42.5 Å². The second kappa shape index (κ2) is 10.3. The molecule has 3 aromatic carbocycles. The topological polar surface area (TPSA) is 56.1 Å². The quantitative estimate of drug-likeness (QED) is 0.354. The molecule has 4 rings (SSSR count). The number of fused-ring (bicyclic) bond motifs is 1. The molecule has 5 heteroatoms. The van der Waals surface area contributed by atoms with Crippen molar-refractivity contribution in [1.82, 2.24) is 14.9 Å². The van der Waals surface area contributed by atoms with Gasteiger partial charge in [-0.2, -0.15) is 0 Å². The van der Waals surface area contributed by atoms with Crippen LogP contribution >= 0.6 is 0 Å². The summed E-state index contributed by atoms with van der Waals surface area (Å²) in [5.41, 5.74) is 6.14. The van der Waals surface area contributed by atoms with Crippen LogP contribution in [0.15, 0.2) is 66.7 Å². The zero-order valence-electron chi connectivity index (χ0n) is 19.6. The fraction of sp³-hybridized carbons (Fsp3) is 0.286. The Morgan fingerprint density at radius 3 is 2.61 bits per heavy atom. The van der Waals surface area contributed by atoms with Crippen molar-refractivity contribution >= 4 is 16.9 Å². The summed E-state index contributed by atoms with van der Waals surface area (Å²) in [6.07, 6.45) is 1.54. The Morgan fingerprint density at radius 1 is 0.970 bits per heavy atom. The Kier molecular flexibility index (Phi) is 7.08. The number of hydrogen-bond donors (Lipinski definition) is 1. The minimum atomic E-state index is -0.0438. The highest BCUT2D eigenvalue weighted by Crippen LogP contribution is 2.20. The number of aromatic nitrogens is 2. The lowest BCUT2D eigenvalue weighted by Crippen LogP contribution is -2.27. The van der Waals surface area contributed by atoms with Gasteiger partial charge < -0.3 is 14.6 Å². The zero-order chi connectivity index (χ0) is 23.2. The van der Waals surface area contributed by atoms with Crippen molar-refractivity contribution in [3.05, 3.63) is 94.8 Å². The van der Waals surface area contributed by atoms with Gasteiger partial charge in [0.15, 0.2) is 0 Å². The van der Waals surface area contributed by atoms with Crippen molar-refractivity contribution in [3.63, 3.8) is 0 Å². The summed E-state index contributed by atoms with van der Waals surface area (Å²) in [7, 11) is 0. The Hall–Kier alpha value is -3.60. The molecule has 5 nitrogen and oxygen atoms in total. The SMILES string of the molecule is Cc1ccc(C)c(OCCCn2c(CCNC(=O)c3ccccc3C)nc3ccccc32)c1. The summed E-state index contributed by atoms with van der Waals surface area (Å²) < 4.78 is 8.30. The van der Waals surface area contributed by atoms with Crippen molar-refractivity contribution in [3.8, 4) is 5.75 Å². The molecule has 170 valence electrons. The van der Waals surface area contributed by atoms with E-state index in [-0.39, 0.29) is 5.91 Å². The van der Waals surface area contributed by atoms with Crippen molar-refractivity contribution in [2.45, 2.75) is 40.2 Å². The van der Waals surface area contributed by atoms with E-state index in [1.165, 1.54) is 5.56 Å². The summed E-state index contributed by atoms with van der Waals surface area (Å²) in [6, 6.07) is 22.1. The number of rotatable bonds is 9. The molecule has 1 amide bonds. The van der Waals surface area contributed by atoms with Gasteiger partial charge in [-0.15, -0.1) is 0 Å². The third-order valence-electron chi connectivity index (χ3n) is 5.88. The molecule has 0 spiro atoms. The minimum absolute atomic E-state index is 0.0438. The van der Waals surface area contributed by atoms with E-state index in [9.17, 15) is 4.79 Å². The van der Waals surface area contributed by atoms with Crippen LogP contribution in [-0.2, 0) is 13.0 Å². The zero-order valence-corrected chi connectivity index (χ0v) is 19.6. The third kappa shape index (κ3) is 5.43. The van der Waals surface area contributed by atoms with Crippen molar-refractivity contribution < 1.29 is 9.53 Å². The molecule has 4 aromatic rings. The fourth-order valence-electron chi connectivity index (χ4n) is 4.04. The Morgan fingerprint density at radius 2 is 1.76 bits per heavy atom. The lowest BCUT2D eigenvalue weighted by molar-refractivity contribution is 0.0953. The number of hydrogen-bond acceptors (Lipinski definition) is 3. The van der Waals surface area contributed by atoms with Crippen LogP contribution in [0.5, 0.6) is 5.75 Å². The number of nitrogens with one attached hydrogen (secondary N) is 1. The monoisotopic (exact) mass is 441 g/mol. The molecular formula is C28H31N3O2. The van der Waals surface area contributed by atoms with Crippen LogP contribution in [0.3, 0.4) is 0 Å². The van der Waals surface area contributed by atoms with Crippen LogP contribution in [0.1, 0.15) is 39.3 Å². The number of para-hydroxylation sites is 2. The number of carbonyl (C=O) groups excluding carboxylic acids is 1. The molecule has 0 aliphatic rings. The van der Waals surface area contributed by atoms with Gasteiger partial charge in [0.25, 0.3) is 5.91 Å². The molecular weight excluding hydrogens is 410 g/mol. The minimum Gasteiger partial charge on any atom is -0.493 e. The summed E-state index contributed by atoms with van der Waals surface area (Å²) in [4.78, 5) is 17.4. The molecule has 0 radical (unpaired) electrons. The van der Waals surface area contributed by atoms with E-state index in [4.69, 9.17) is 9.72 Å². The number of amides is 1. The summed E-state index contributed by atoms with van der Waals surface area (Å²) in [5, 5.41) is 3.04. The van der Waals surface area contributed by atoms with Crippen LogP contribution in [0, 0.1) is 20.8 Å². The number of aryl methyl sites for hydroxylation is 4. The number of imidazole rings is 1. The molecule has 1 aromatic heterocycles. The average molecular weight is 442 g/mol. The highest BCUT2D eigenvalue weighted by Gasteiger charge is 2.12. The van der Waals surface area contributed by atoms with Gasteiger partial charge in [0.05, 0.1) is 17.6 Å². The van der Waals surface area contributed by atoms with Gasteiger partial charge in [0, 0.05) is 25.1 Å². The number of benzene rings is 3. The third-order valence-corrected chi connectivity index (χ3v) is 5.88. The maximum Gasteiger partial charge on any atom is 0.251 e. The van der Waals surface area contributed by atoms with E-state index < -0.39 is 0 Å². The molecule has 0 saturated carbocycles. The normalized spacial score (nSPS) is 11.0. The first-order valence-corrected chi connectivity index (χ1v) is 11.5. The van der Waals surface area contributed by atoms with Gasteiger partial charge in [0.1, 0.15) is 11.6 Å². The first-order chi connectivity index (χ1) is 16.0. The van der Waals surface area contributed by atoms with Gasteiger partial charge in [-0.25, -0.2) is 4.98 Å². The van der Waals surface area contributed by atoms with Crippen LogP contribution in [0.2, 0.25) is 0 Å². The predicted octanol–water partition coefficient (Wildman–Crippen LogP) is 5.40. The Balaban J connectivity index is 1.39. The molecule has 0 atom stereocenters. The molecule has 0 aliphatic carbocycles. The van der Waals surface area contributed by atoms with Crippen molar-refractivity contribution in [2.75, 3.05) is 13.2 Å². The molecule has 0 aliphatic heterocycles. The van der Waals surface area contributed by atoms with Gasteiger partial charge in [-0.3, -0.25) is 4.79 Å². The molecule has 1 heterocycles. The van der Waals surface area contributed by atoms with E-state index in [0.29, 0.717) is 19.6 Å². The van der Waals surface area contributed by atoms with Gasteiger partial charge in [0.2, 0.25) is 0 Å². The van der Waals surface area contributed by atoms with Crippen molar-refractivity contribution in [1.29, 1.82) is 0 Å². The highest BCUT2D eigenvalue weighted by molar-refractivity contribution is 5.95. The molecule has 0 bridgehead atoms. The van der Waals surface area contributed by atoms with Crippen molar-refractivity contribution in [2.24, 2.45) is 0 Å². The smallest absolute Gasteiger partial charge is 0.251 e. The molecule has 1 N–H and O–H groups in total. The molecule has 0 saturated heterocycles. The van der Waals surface area contributed by atoms with Gasteiger partial charge >= 0.3 is 0 Å². The van der Waals surface area contributed by atoms with E-state index >= 15 is 0 Å². The lowest BCUT2D eigenvalue weighted by atomic mass is 10.1. The molecule has 33 heavy (non-hydrogen) atoms. The number of ether oxygens (including phenoxy) is 1. The molecule has 0 unspecified atom stereocenters. The highest BCUT2D eigenvalue weighted by atomic mass is 16.5. The second-order valence-electron chi connectivity index (χ2n) is 8.46. The second-order valence-corrected chi connectivity index (χ2v) is 8.46. The summed E-state index contributed by atoms with van der Waals surface area (Å²) in [6.45, 7) is 8.09. The first-order valence-electron chi connectivity index (χ1n) is 11.5. The fourth-order valence-corrected chi connectivity index (χ4v) is 4.04.